The first-order chi connectivity index (χ1) is 15.1. The molecule has 158 valence electrons. The van der Waals surface area contributed by atoms with Crippen LogP contribution < -0.4 is 10.5 Å². The van der Waals surface area contributed by atoms with E-state index in [4.69, 9.17) is 0 Å². The summed E-state index contributed by atoms with van der Waals surface area (Å²) in [7, 11) is 0. The number of pyridine rings is 1. The van der Waals surface area contributed by atoms with Crippen molar-refractivity contribution in [3.8, 4) is 0 Å². The summed E-state index contributed by atoms with van der Waals surface area (Å²) in [6.07, 6.45) is 2.21. The molecular formula is C23H24FN6O+. The van der Waals surface area contributed by atoms with Crippen LogP contribution in [0.5, 0.6) is 0 Å². The Hall–Kier alpha value is -3.39. The summed E-state index contributed by atoms with van der Waals surface area (Å²) >= 11 is 0. The number of hydrogen-bond donors (Lipinski definition) is 2. The van der Waals surface area contributed by atoms with Crippen LogP contribution in [0.2, 0.25) is 0 Å². The number of nitrogens with zero attached hydrogens (tertiary/aromatic N) is 4. The second-order valence-corrected chi connectivity index (χ2v) is 8.26. The SMILES string of the molecule is Cc1ccc2[nH]c(=O)c([C@@H](c3nnnn3Cc3ccc(F)cc3)[NH+]3CCCC3)cc2c1. The highest BCUT2D eigenvalue weighted by atomic mass is 19.1. The lowest BCUT2D eigenvalue weighted by Gasteiger charge is -2.23. The molecule has 0 spiro atoms. The van der Waals surface area contributed by atoms with Gasteiger partial charge in [-0.15, -0.1) is 5.10 Å². The third-order valence-electron chi connectivity index (χ3n) is 6.06. The number of hydrogen-bond acceptors (Lipinski definition) is 4. The Kier molecular flexibility index (Phi) is 5.07. The zero-order chi connectivity index (χ0) is 21.4. The molecule has 0 saturated carbocycles. The van der Waals surface area contributed by atoms with E-state index >= 15 is 0 Å². The van der Waals surface area contributed by atoms with Crippen LogP contribution in [0.15, 0.2) is 53.3 Å². The van der Waals surface area contributed by atoms with Gasteiger partial charge in [-0.3, -0.25) is 4.79 Å². The highest BCUT2D eigenvalue weighted by Gasteiger charge is 2.35. The zero-order valence-electron chi connectivity index (χ0n) is 17.3. The van der Waals surface area contributed by atoms with E-state index < -0.39 is 0 Å². The average Bonchev–Trinajstić information content (AvgIpc) is 3.44. The van der Waals surface area contributed by atoms with E-state index in [9.17, 15) is 9.18 Å². The van der Waals surface area contributed by atoms with Crippen molar-refractivity contribution in [1.82, 2.24) is 25.2 Å². The van der Waals surface area contributed by atoms with Crippen molar-refractivity contribution in [3.05, 3.63) is 87.2 Å². The molecule has 1 fully saturated rings. The number of nitrogens with one attached hydrogen (secondary N) is 2. The highest BCUT2D eigenvalue weighted by molar-refractivity contribution is 5.79. The maximum absolute atomic E-state index is 13.3. The molecule has 0 aliphatic carbocycles. The molecule has 2 N–H and O–H groups in total. The Morgan fingerprint density at radius 1 is 1.13 bits per heavy atom. The molecule has 1 atom stereocenters. The predicted octanol–water partition coefficient (Wildman–Crippen LogP) is 1.78. The summed E-state index contributed by atoms with van der Waals surface area (Å²) in [5, 5.41) is 13.5. The summed E-state index contributed by atoms with van der Waals surface area (Å²) in [6, 6.07) is 14.0. The molecule has 2 aromatic heterocycles. The molecule has 1 aliphatic heterocycles. The van der Waals surface area contributed by atoms with Gasteiger partial charge < -0.3 is 9.88 Å². The van der Waals surface area contributed by atoms with Gasteiger partial charge in [0.25, 0.3) is 5.56 Å². The molecule has 7 nitrogen and oxygen atoms in total. The van der Waals surface area contributed by atoms with Crippen LogP contribution in [0.3, 0.4) is 0 Å². The average molecular weight is 419 g/mol. The quantitative estimate of drug-likeness (QED) is 0.517. The number of aromatic nitrogens is 5. The summed E-state index contributed by atoms with van der Waals surface area (Å²) in [5.41, 5.74) is 3.41. The number of quaternary nitrogens is 1. The lowest BCUT2D eigenvalue weighted by molar-refractivity contribution is -0.914. The van der Waals surface area contributed by atoms with Gasteiger partial charge in [-0.05, 0) is 58.6 Å². The Bertz CT molecular complexity index is 1270. The van der Waals surface area contributed by atoms with E-state index in [2.05, 4.69) is 26.6 Å². The molecule has 0 amide bonds. The van der Waals surface area contributed by atoms with E-state index in [1.165, 1.54) is 17.0 Å². The van der Waals surface area contributed by atoms with Crippen LogP contribution in [0, 0.1) is 12.7 Å². The van der Waals surface area contributed by atoms with E-state index in [0.29, 0.717) is 17.9 Å². The Balaban J connectivity index is 1.61. The van der Waals surface area contributed by atoms with Gasteiger partial charge in [-0.2, -0.15) is 0 Å². The number of H-pyrrole nitrogens is 1. The standard InChI is InChI=1S/C23H23FN6O/c1-15-4-9-20-17(12-15)13-19(23(31)25-20)21(29-10-2-3-11-29)22-26-27-28-30(22)14-16-5-7-18(24)8-6-16/h4-9,12-13,21H,2-3,10-11,14H2,1H3,(H,25,31)/p+1/t21-/m0/s1. The van der Waals surface area contributed by atoms with E-state index in [1.54, 1.807) is 16.8 Å². The molecule has 0 bridgehead atoms. The summed E-state index contributed by atoms with van der Waals surface area (Å²) < 4.78 is 15.0. The Morgan fingerprint density at radius 3 is 2.68 bits per heavy atom. The van der Waals surface area contributed by atoms with Gasteiger partial charge in [0.1, 0.15) is 5.82 Å². The summed E-state index contributed by atoms with van der Waals surface area (Å²) in [5.74, 6) is 0.372. The number of halogens is 1. The molecule has 4 aromatic rings. The second kappa shape index (κ2) is 8.03. The number of benzene rings is 2. The number of likely N-dealkylation sites (tertiary alicyclic amines) is 1. The summed E-state index contributed by atoms with van der Waals surface area (Å²) in [4.78, 5) is 17.5. The molecule has 5 rings (SSSR count). The Labute approximate surface area is 178 Å². The van der Waals surface area contributed by atoms with Crippen molar-refractivity contribution >= 4 is 10.9 Å². The minimum absolute atomic E-state index is 0.114. The number of tetrazole rings is 1. The van der Waals surface area contributed by atoms with Crippen molar-refractivity contribution in [3.63, 3.8) is 0 Å². The van der Waals surface area contributed by atoms with Crippen molar-refractivity contribution < 1.29 is 9.29 Å². The van der Waals surface area contributed by atoms with Crippen molar-refractivity contribution in [2.24, 2.45) is 0 Å². The molecule has 1 saturated heterocycles. The smallest absolute Gasteiger partial charge is 0.258 e. The monoisotopic (exact) mass is 419 g/mol. The van der Waals surface area contributed by atoms with Gasteiger partial charge in [0.05, 0.1) is 25.2 Å². The minimum Gasteiger partial charge on any atom is -0.322 e. The molecule has 8 heteroatoms. The maximum atomic E-state index is 13.3. The van der Waals surface area contributed by atoms with Crippen molar-refractivity contribution in [2.75, 3.05) is 13.1 Å². The van der Waals surface area contributed by atoms with Crippen molar-refractivity contribution in [1.29, 1.82) is 0 Å². The van der Waals surface area contributed by atoms with Gasteiger partial charge in [0.15, 0.2) is 6.04 Å². The van der Waals surface area contributed by atoms with E-state index in [0.717, 1.165) is 48.0 Å². The maximum Gasteiger partial charge on any atom is 0.258 e. The normalized spacial score (nSPS) is 15.5. The highest BCUT2D eigenvalue weighted by Crippen LogP contribution is 2.20. The zero-order valence-corrected chi connectivity index (χ0v) is 17.3. The lowest BCUT2D eigenvalue weighted by Crippen LogP contribution is -3.10. The van der Waals surface area contributed by atoms with Gasteiger partial charge in [-0.1, -0.05) is 23.8 Å². The van der Waals surface area contributed by atoms with Crippen LogP contribution in [0.1, 0.15) is 41.4 Å². The molecule has 1 aliphatic rings. The first-order valence-corrected chi connectivity index (χ1v) is 10.6. The molecule has 0 unspecified atom stereocenters. The van der Waals surface area contributed by atoms with Crippen LogP contribution in [0.25, 0.3) is 10.9 Å². The third-order valence-corrected chi connectivity index (χ3v) is 6.06. The number of aromatic amines is 1. The van der Waals surface area contributed by atoms with Gasteiger partial charge in [0.2, 0.25) is 5.82 Å². The van der Waals surface area contributed by atoms with E-state index in [-0.39, 0.29) is 17.4 Å². The topological polar surface area (TPSA) is 80.9 Å². The second-order valence-electron chi connectivity index (χ2n) is 8.26. The summed E-state index contributed by atoms with van der Waals surface area (Å²) in [6.45, 7) is 4.37. The predicted molar refractivity (Wildman–Crippen MR) is 114 cm³/mol. The Morgan fingerprint density at radius 2 is 1.90 bits per heavy atom. The van der Waals surface area contributed by atoms with Crippen molar-refractivity contribution in [2.45, 2.75) is 32.4 Å². The molecule has 0 radical (unpaired) electrons. The fourth-order valence-electron chi connectivity index (χ4n) is 4.51. The largest absolute Gasteiger partial charge is 0.322 e. The fraction of sp³-hybridized carbons (Fsp3) is 0.304. The van der Waals surface area contributed by atoms with Crippen LogP contribution in [-0.4, -0.2) is 38.3 Å². The third kappa shape index (κ3) is 3.86. The van der Waals surface area contributed by atoms with Crippen LogP contribution in [-0.2, 0) is 6.54 Å². The number of fused-ring (bicyclic) bond motifs is 1. The first-order valence-electron chi connectivity index (χ1n) is 10.6. The van der Waals surface area contributed by atoms with Gasteiger partial charge in [0, 0.05) is 18.4 Å². The molecule has 3 heterocycles. The minimum atomic E-state index is -0.280. The fourth-order valence-corrected chi connectivity index (χ4v) is 4.51. The molecule has 2 aromatic carbocycles. The number of aryl methyl sites for hydroxylation is 1. The van der Waals surface area contributed by atoms with Crippen LogP contribution >= 0.6 is 0 Å². The first kappa shape index (κ1) is 19.6. The molecule has 31 heavy (non-hydrogen) atoms. The van der Waals surface area contributed by atoms with Gasteiger partial charge in [-0.25, -0.2) is 9.07 Å². The van der Waals surface area contributed by atoms with Gasteiger partial charge >= 0.3 is 0 Å². The van der Waals surface area contributed by atoms with E-state index in [1.807, 2.05) is 25.1 Å². The number of rotatable bonds is 5. The molecular weight excluding hydrogens is 395 g/mol. The lowest BCUT2D eigenvalue weighted by atomic mass is 10.0. The van der Waals surface area contributed by atoms with Crippen LogP contribution in [0.4, 0.5) is 4.39 Å².